The molecular formula is C18H32N2O. The predicted molar refractivity (Wildman–Crippen MR) is 93.1 cm³/mol. The Bertz CT molecular complexity index is 308. The van der Waals surface area contributed by atoms with Gasteiger partial charge >= 0.3 is 0 Å². The summed E-state index contributed by atoms with van der Waals surface area (Å²) in [4.78, 5) is 0. The molecule has 0 fully saturated rings. The first-order valence-electron chi connectivity index (χ1n) is 7.61. The van der Waals surface area contributed by atoms with Gasteiger partial charge in [0.1, 0.15) is 0 Å². The smallest absolute Gasteiger partial charge is 0.0849 e. The molecule has 120 valence electrons. The maximum absolute atomic E-state index is 6.52. The molecule has 0 rings (SSSR count). The first-order valence-corrected chi connectivity index (χ1v) is 7.61. The van der Waals surface area contributed by atoms with Gasteiger partial charge in [-0.15, -0.1) is 26.3 Å². The van der Waals surface area contributed by atoms with Gasteiger partial charge in [0.15, 0.2) is 0 Å². The quantitative estimate of drug-likeness (QED) is 0.482. The standard InChI is InChI=1S/C18H32N2O/c1-5-9-13-17(15-19,11-7-3)21-18(16-20,12-8-4)14-10-6-2/h5-8H,1-4,9-16,19-20H2. The Morgan fingerprint density at radius 2 is 1.10 bits per heavy atom. The molecule has 2 atom stereocenters. The van der Waals surface area contributed by atoms with Crippen molar-refractivity contribution in [1.29, 1.82) is 0 Å². The summed E-state index contributed by atoms with van der Waals surface area (Å²) in [7, 11) is 0. The number of rotatable bonds is 14. The topological polar surface area (TPSA) is 61.3 Å². The molecule has 0 aliphatic rings. The molecule has 2 unspecified atom stereocenters. The first-order chi connectivity index (χ1) is 10.1. The maximum Gasteiger partial charge on any atom is 0.0849 e. The van der Waals surface area contributed by atoms with Crippen molar-refractivity contribution in [2.75, 3.05) is 13.1 Å². The Labute approximate surface area is 130 Å². The van der Waals surface area contributed by atoms with Gasteiger partial charge in [0.05, 0.1) is 11.2 Å². The fourth-order valence-corrected chi connectivity index (χ4v) is 2.56. The molecule has 0 saturated heterocycles. The third kappa shape index (κ3) is 6.42. The highest BCUT2D eigenvalue weighted by Crippen LogP contribution is 2.33. The monoisotopic (exact) mass is 292 g/mol. The van der Waals surface area contributed by atoms with Gasteiger partial charge in [-0.05, 0) is 38.5 Å². The lowest BCUT2D eigenvalue weighted by atomic mass is 9.88. The van der Waals surface area contributed by atoms with E-state index >= 15 is 0 Å². The van der Waals surface area contributed by atoms with Crippen LogP contribution in [-0.2, 0) is 4.74 Å². The lowest BCUT2D eigenvalue weighted by Gasteiger charge is -2.43. The zero-order valence-corrected chi connectivity index (χ0v) is 13.4. The van der Waals surface area contributed by atoms with Gasteiger partial charge in [-0.25, -0.2) is 0 Å². The molecule has 0 aromatic heterocycles. The molecule has 21 heavy (non-hydrogen) atoms. The average Bonchev–Trinajstić information content (AvgIpc) is 2.50. The molecule has 0 radical (unpaired) electrons. The van der Waals surface area contributed by atoms with E-state index in [-0.39, 0.29) is 0 Å². The van der Waals surface area contributed by atoms with Gasteiger partial charge in [-0.2, -0.15) is 0 Å². The number of nitrogens with two attached hydrogens (primary N) is 2. The van der Waals surface area contributed by atoms with E-state index in [1.165, 1.54) is 0 Å². The lowest BCUT2D eigenvalue weighted by molar-refractivity contribution is -0.152. The van der Waals surface area contributed by atoms with Crippen LogP contribution in [0.1, 0.15) is 38.5 Å². The van der Waals surface area contributed by atoms with Crippen LogP contribution in [0.5, 0.6) is 0 Å². The molecule has 0 amide bonds. The number of allylic oxidation sites excluding steroid dienone is 2. The molecule has 0 aliphatic heterocycles. The fraction of sp³-hybridized carbons (Fsp3) is 0.556. The summed E-state index contributed by atoms with van der Waals surface area (Å²) >= 11 is 0. The van der Waals surface area contributed by atoms with Crippen LogP contribution >= 0.6 is 0 Å². The largest absolute Gasteiger partial charge is 0.365 e. The van der Waals surface area contributed by atoms with E-state index in [0.717, 1.165) is 25.7 Å². The van der Waals surface area contributed by atoms with Crippen LogP contribution < -0.4 is 11.5 Å². The first kappa shape index (κ1) is 19.8. The van der Waals surface area contributed by atoms with Crippen molar-refractivity contribution >= 4 is 0 Å². The van der Waals surface area contributed by atoms with Crippen molar-refractivity contribution in [3.63, 3.8) is 0 Å². The summed E-state index contributed by atoms with van der Waals surface area (Å²) in [5.74, 6) is 0. The summed E-state index contributed by atoms with van der Waals surface area (Å²) < 4.78 is 6.52. The van der Waals surface area contributed by atoms with E-state index in [0.29, 0.717) is 25.9 Å². The Hall–Kier alpha value is -1.16. The number of ether oxygens (including phenoxy) is 1. The third-order valence-corrected chi connectivity index (χ3v) is 3.82. The zero-order valence-electron chi connectivity index (χ0n) is 13.4. The number of hydrogen-bond acceptors (Lipinski definition) is 3. The SMILES string of the molecule is C=CCCC(CN)(CC=C)OC(CN)(CC=C)CCC=C. The molecule has 0 heterocycles. The molecule has 0 bridgehead atoms. The second-order valence-corrected chi connectivity index (χ2v) is 5.52. The molecular weight excluding hydrogens is 260 g/mol. The van der Waals surface area contributed by atoms with E-state index in [9.17, 15) is 0 Å². The van der Waals surface area contributed by atoms with E-state index in [1.54, 1.807) is 0 Å². The molecule has 4 N–H and O–H groups in total. The predicted octanol–water partition coefficient (Wildman–Crippen LogP) is 3.48. The van der Waals surface area contributed by atoms with E-state index < -0.39 is 11.2 Å². The zero-order chi connectivity index (χ0) is 16.2. The highest BCUT2D eigenvalue weighted by Gasteiger charge is 2.38. The molecule has 3 heteroatoms. The van der Waals surface area contributed by atoms with Crippen LogP contribution in [0.4, 0.5) is 0 Å². The minimum Gasteiger partial charge on any atom is -0.365 e. The second kappa shape index (κ2) is 10.6. The van der Waals surface area contributed by atoms with E-state index in [2.05, 4.69) is 26.3 Å². The highest BCUT2D eigenvalue weighted by molar-refractivity contribution is 4.98. The molecule has 3 nitrogen and oxygen atoms in total. The van der Waals surface area contributed by atoms with Crippen LogP contribution in [0.3, 0.4) is 0 Å². The summed E-state index contributed by atoms with van der Waals surface area (Å²) in [6.07, 6.45) is 12.2. The molecule has 0 aromatic rings. The fourth-order valence-electron chi connectivity index (χ4n) is 2.56. The Morgan fingerprint density at radius 1 is 0.714 bits per heavy atom. The van der Waals surface area contributed by atoms with Crippen molar-refractivity contribution in [1.82, 2.24) is 0 Å². The molecule has 0 saturated carbocycles. The van der Waals surface area contributed by atoms with Crippen LogP contribution in [0.2, 0.25) is 0 Å². The summed E-state index contributed by atoms with van der Waals surface area (Å²) in [5, 5.41) is 0. The van der Waals surface area contributed by atoms with Crippen LogP contribution in [0.15, 0.2) is 50.6 Å². The minimum atomic E-state index is -0.445. The van der Waals surface area contributed by atoms with Gasteiger partial charge in [-0.3, -0.25) is 0 Å². The summed E-state index contributed by atoms with van der Waals surface area (Å²) in [6, 6.07) is 0. The highest BCUT2D eigenvalue weighted by atomic mass is 16.5. The molecule has 0 spiro atoms. The Balaban J connectivity index is 5.31. The van der Waals surface area contributed by atoms with Crippen molar-refractivity contribution in [3.05, 3.63) is 50.6 Å². The normalized spacial score (nSPS) is 16.5. The van der Waals surface area contributed by atoms with Crippen molar-refractivity contribution in [2.24, 2.45) is 11.5 Å². The number of hydrogen-bond donors (Lipinski definition) is 2. The van der Waals surface area contributed by atoms with Gasteiger partial charge in [0, 0.05) is 13.1 Å². The lowest BCUT2D eigenvalue weighted by Crippen LogP contribution is -2.52. The Morgan fingerprint density at radius 3 is 1.33 bits per heavy atom. The summed E-state index contributed by atoms with van der Waals surface area (Å²) in [5.41, 5.74) is 11.2. The molecule has 0 aliphatic carbocycles. The minimum absolute atomic E-state index is 0.430. The van der Waals surface area contributed by atoms with Gasteiger partial charge in [-0.1, -0.05) is 24.3 Å². The van der Waals surface area contributed by atoms with E-state index in [1.807, 2.05) is 24.3 Å². The van der Waals surface area contributed by atoms with E-state index in [4.69, 9.17) is 16.2 Å². The maximum atomic E-state index is 6.52. The van der Waals surface area contributed by atoms with Gasteiger partial charge in [0.2, 0.25) is 0 Å². The van der Waals surface area contributed by atoms with Crippen molar-refractivity contribution < 1.29 is 4.74 Å². The van der Waals surface area contributed by atoms with Crippen LogP contribution in [0, 0.1) is 0 Å². The van der Waals surface area contributed by atoms with Crippen LogP contribution in [-0.4, -0.2) is 24.3 Å². The average molecular weight is 292 g/mol. The Kier molecular flexibility index (Phi) is 9.97. The third-order valence-electron chi connectivity index (χ3n) is 3.82. The van der Waals surface area contributed by atoms with Gasteiger partial charge in [0.25, 0.3) is 0 Å². The second-order valence-electron chi connectivity index (χ2n) is 5.52. The van der Waals surface area contributed by atoms with Crippen LogP contribution in [0.25, 0.3) is 0 Å². The van der Waals surface area contributed by atoms with Crippen molar-refractivity contribution in [2.45, 2.75) is 49.7 Å². The van der Waals surface area contributed by atoms with Crippen molar-refractivity contribution in [3.8, 4) is 0 Å². The molecule has 0 aromatic carbocycles. The van der Waals surface area contributed by atoms with Gasteiger partial charge < -0.3 is 16.2 Å². The summed E-state index contributed by atoms with van der Waals surface area (Å²) in [6.45, 7) is 16.1.